The van der Waals surface area contributed by atoms with Gasteiger partial charge in [0, 0.05) is 19.3 Å². The van der Waals surface area contributed by atoms with Crippen molar-refractivity contribution in [2.45, 2.75) is 303 Å². The summed E-state index contributed by atoms with van der Waals surface area (Å²) in [5.74, 6) is -0.892. The molecular formula is C68H116O6. The monoisotopic (exact) mass is 1030 g/mol. The summed E-state index contributed by atoms with van der Waals surface area (Å²) >= 11 is 0. The third kappa shape index (κ3) is 59.2. The highest BCUT2D eigenvalue weighted by molar-refractivity contribution is 5.71. The van der Waals surface area contributed by atoms with Gasteiger partial charge in [-0.1, -0.05) is 272 Å². The molecule has 0 radical (unpaired) electrons. The van der Waals surface area contributed by atoms with Crippen LogP contribution < -0.4 is 0 Å². The quantitative estimate of drug-likeness (QED) is 0.0261. The minimum absolute atomic E-state index is 0.0800. The highest BCUT2D eigenvalue weighted by Gasteiger charge is 2.19. The van der Waals surface area contributed by atoms with E-state index in [1.165, 1.54) is 135 Å². The summed E-state index contributed by atoms with van der Waals surface area (Å²) in [5.41, 5.74) is 0. The van der Waals surface area contributed by atoms with Gasteiger partial charge in [0.05, 0.1) is 0 Å². The van der Waals surface area contributed by atoms with E-state index in [-0.39, 0.29) is 31.1 Å². The smallest absolute Gasteiger partial charge is 0.306 e. The van der Waals surface area contributed by atoms with Crippen molar-refractivity contribution in [3.63, 3.8) is 0 Å². The number of hydrogen-bond acceptors (Lipinski definition) is 6. The molecule has 1 atom stereocenters. The van der Waals surface area contributed by atoms with E-state index in [0.717, 1.165) is 122 Å². The molecule has 0 rings (SSSR count). The molecule has 0 bridgehead atoms. The molecule has 0 saturated heterocycles. The fraction of sp³-hybridized carbons (Fsp3) is 0.721. The molecule has 0 aromatic heterocycles. The Balaban J connectivity index is 4.09. The fourth-order valence-corrected chi connectivity index (χ4v) is 8.65. The minimum atomic E-state index is -0.781. The van der Waals surface area contributed by atoms with E-state index in [9.17, 15) is 14.4 Å². The maximum absolute atomic E-state index is 12.8. The van der Waals surface area contributed by atoms with Crippen LogP contribution in [-0.4, -0.2) is 37.2 Å². The van der Waals surface area contributed by atoms with Gasteiger partial charge in [0.1, 0.15) is 13.2 Å². The van der Waals surface area contributed by atoms with Gasteiger partial charge in [-0.05, 0) is 103 Å². The van der Waals surface area contributed by atoms with Crippen molar-refractivity contribution in [2.75, 3.05) is 13.2 Å². The van der Waals surface area contributed by atoms with Gasteiger partial charge in [-0.3, -0.25) is 14.4 Å². The first kappa shape index (κ1) is 70.3. The summed E-state index contributed by atoms with van der Waals surface area (Å²) in [4.78, 5) is 38.0. The molecule has 0 N–H and O–H groups in total. The zero-order valence-electron chi connectivity index (χ0n) is 48.6. The number of unbranched alkanes of at least 4 members (excludes halogenated alkanes) is 29. The van der Waals surface area contributed by atoms with Crippen LogP contribution in [0.4, 0.5) is 0 Å². The number of carbonyl (C=O) groups is 3. The normalized spacial score (nSPS) is 12.7. The first-order valence-corrected chi connectivity index (χ1v) is 31.2. The topological polar surface area (TPSA) is 78.9 Å². The lowest BCUT2D eigenvalue weighted by molar-refractivity contribution is -0.167. The molecule has 424 valence electrons. The van der Waals surface area contributed by atoms with Crippen LogP contribution in [0, 0.1) is 0 Å². The van der Waals surface area contributed by atoms with Gasteiger partial charge in [0.2, 0.25) is 0 Å². The van der Waals surface area contributed by atoms with Gasteiger partial charge >= 0.3 is 17.9 Å². The SMILES string of the molecule is CC/C=C\C/C=C\C/C=C\C/C=C\C/C=C\C/C=C\CCCCCCCCCCCCCCCCC(=O)OCC(COC(=O)CCCCCCCCCC)OC(=O)CCCCCCC/C=C\C/C=C\CCCCC. The summed E-state index contributed by atoms with van der Waals surface area (Å²) in [5, 5.41) is 0. The van der Waals surface area contributed by atoms with Crippen molar-refractivity contribution in [1.82, 2.24) is 0 Å². The Morgan fingerprint density at radius 3 is 0.851 bits per heavy atom. The number of allylic oxidation sites excluding steroid dienone is 16. The van der Waals surface area contributed by atoms with E-state index in [0.29, 0.717) is 19.3 Å². The van der Waals surface area contributed by atoms with E-state index >= 15 is 0 Å². The van der Waals surface area contributed by atoms with E-state index in [1.807, 2.05) is 0 Å². The van der Waals surface area contributed by atoms with Crippen molar-refractivity contribution >= 4 is 17.9 Å². The maximum atomic E-state index is 12.8. The summed E-state index contributed by atoms with van der Waals surface area (Å²) in [6.45, 7) is 6.47. The van der Waals surface area contributed by atoms with E-state index in [1.54, 1.807) is 0 Å². The molecule has 0 aliphatic carbocycles. The summed E-state index contributed by atoms with van der Waals surface area (Å²) in [7, 11) is 0. The van der Waals surface area contributed by atoms with Crippen LogP contribution in [0.5, 0.6) is 0 Å². The summed E-state index contributed by atoms with van der Waals surface area (Å²) < 4.78 is 16.8. The Hall–Kier alpha value is -3.67. The Bertz CT molecular complexity index is 1460. The van der Waals surface area contributed by atoms with Crippen LogP contribution >= 0.6 is 0 Å². The van der Waals surface area contributed by atoms with Crippen LogP contribution in [-0.2, 0) is 28.6 Å². The molecule has 1 unspecified atom stereocenters. The molecule has 6 heteroatoms. The molecule has 0 spiro atoms. The lowest BCUT2D eigenvalue weighted by Gasteiger charge is -2.18. The molecule has 0 amide bonds. The lowest BCUT2D eigenvalue weighted by Crippen LogP contribution is -2.30. The second-order valence-corrected chi connectivity index (χ2v) is 20.6. The standard InChI is InChI=1S/C68H116O6/c1-4-7-10-13-16-19-21-23-25-26-27-28-29-30-31-32-33-34-35-36-37-38-39-40-41-42-44-45-47-49-52-55-58-61-67(70)73-64-65(63-72-66(69)60-57-54-51-18-15-12-9-6-3)74-68(71)62-59-56-53-50-48-46-43-24-22-20-17-14-11-8-5-2/h7,10,16-17,19-20,23-25,27-28,30-31,33-34,43,65H,4-6,8-9,11-15,18,21-22,26,29,32,35-42,44-64H2,1-3H3/b10-7-,19-16-,20-17-,25-23-,28-27-,31-30-,34-33-,43-24-. The number of carbonyl (C=O) groups excluding carboxylic acids is 3. The van der Waals surface area contributed by atoms with Crippen LogP contribution in [0.15, 0.2) is 97.2 Å². The Labute approximate surface area is 457 Å². The molecule has 0 aromatic carbocycles. The minimum Gasteiger partial charge on any atom is -0.462 e. The Morgan fingerprint density at radius 2 is 0.527 bits per heavy atom. The second-order valence-electron chi connectivity index (χ2n) is 20.6. The van der Waals surface area contributed by atoms with Gasteiger partial charge in [-0.2, -0.15) is 0 Å². The third-order valence-electron chi connectivity index (χ3n) is 13.3. The van der Waals surface area contributed by atoms with Crippen molar-refractivity contribution in [2.24, 2.45) is 0 Å². The van der Waals surface area contributed by atoms with Gasteiger partial charge in [-0.15, -0.1) is 0 Å². The first-order valence-electron chi connectivity index (χ1n) is 31.2. The van der Waals surface area contributed by atoms with Gasteiger partial charge in [-0.25, -0.2) is 0 Å². The molecular weight excluding hydrogens is 913 g/mol. The summed E-state index contributed by atoms with van der Waals surface area (Å²) in [6, 6.07) is 0. The van der Waals surface area contributed by atoms with E-state index in [4.69, 9.17) is 14.2 Å². The predicted octanol–water partition coefficient (Wildman–Crippen LogP) is 21.3. The van der Waals surface area contributed by atoms with Gasteiger partial charge < -0.3 is 14.2 Å². The molecule has 6 nitrogen and oxygen atoms in total. The van der Waals surface area contributed by atoms with E-state index in [2.05, 4.69) is 118 Å². The zero-order valence-corrected chi connectivity index (χ0v) is 48.6. The van der Waals surface area contributed by atoms with Crippen LogP contribution in [0.1, 0.15) is 297 Å². The Morgan fingerprint density at radius 1 is 0.284 bits per heavy atom. The van der Waals surface area contributed by atoms with Gasteiger partial charge in [0.25, 0.3) is 0 Å². The van der Waals surface area contributed by atoms with Crippen LogP contribution in [0.25, 0.3) is 0 Å². The van der Waals surface area contributed by atoms with Crippen LogP contribution in [0.2, 0.25) is 0 Å². The van der Waals surface area contributed by atoms with Crippen molar-refractivity contribution < 1.29 is 28.6 Å². The first-order chi connectivity index (χ1) is 36.5. The highest BCUT2D eigenvalue weighted by Crippen LogP contribution is 2.16. The largest absolute Gasteiger partial charge is 0.462 e. The molecule has 74 heavy (non-hydrogen) atoms. The maximum Gasteiger partial charge on any atom is 0.306 e. The zero-order chi connectivity index (χ0) is 53.6. The average Bonchev–Trinajstić information content (AvgIpc) is 3.40. The summed E-state index contributed by atoms with van der Waals surface area (Å²) in [6.07, 6.45) is 82.9. The molecule has 0 saturated carbocycles. The van der Waals surface area contributed by atoms with Crippen molar-refractivity contribution in [3.05, 3.63) is 97.2 Å². The molecule has 0 aliphatic rings. The van der Waals surface area contributed by atoms with Crippen molar-refractivity contribution in [1.29, 1.82) is 0 Å². The molecule has 0 aliphatic heterocycles. The van der Waals surface area contributed by atoms with E-state index < -0.39 is 6.10 Å². The number of hydrogen-bond donors (Lipinski definition) is 0. The number of rotatable bonds is 56. The number of ether oxygens (including phenoxy) is 3. The molecule has 0 fully saturated rings. The predicted molar refractivity (Wildman–Crippen MR) is 320 cm³/mol. The van der Waals surface area contributed by atoms with Gasteiger partial charge in [0.15, 0.2) is 6.10 Å². The van der Waals surface area contributed by atoms with Crippen molar-refractivity contribution in [3.8, 4) is 0 Å². The molecule has 0 heterocycles. The highest BCUT2D eigenvalue weighted by atomic mass is 16.6. The molecule has 0 aromatic rings. The number of esters is 3. The average molecular weight is 1030 g/mol. The third-order valence-corrected chi connectivity index (χ3v) is 13.3. The Kier molecular flexibility index (Phi) is 58.8. The second kappa shape index (κ2) is 61.9. The van der Waals surface area contributed by atoms with Crippen LogP contribution in [0.3, 0.4) is 0 Å². The fourth-order valence-electron chi connectivity index (χ4n) is 8.65. The lowest BCUT2D eigenvalue weighted by atomic mass is 10.0.